The van der Waals surface area contributed by atoms with Crippen molar-refractivity contribution in [3.63, 3.8) is 0 Å². The van der Waals surface area contributed by atoms with Gasteiger partial charge in [-0.05, 0) is 5.56 Å². The van der Waals surface area contributed by atoms with Crippen molar-refractivity contribution in [1.82, 2.24) is 9.78 Å². The van der Waals surface area contributed by atoms with Gasteiger partial charge < -0.3 is 20.1 Å². The molecule has 1 atom stereocenters. The van der Waals surface area contributed by atoms with Crippen molar-refractivity contribution in [3.8, 4) is 22.6 Å². The van der Waals surface area contributed by atoms with Gasteiger partial charge in [-0.3, -0.25) is 9.59 Å². The SMILES string of the molecule is COc1cc(NC(=O)C2CC(=O)Nc3c(-c4ccccc4)cnn32)cc(OC)c1. The molecular weight excluding hydrogens is 372 g/mol. The molecule has 1 aliphatic heterocycles. The van der Waals surface area contributed by atoms with Crippen molar-refractivity contribution < 1.29 is 19.1 Å². The molecule has 2 N–H and O–H groups in total. The number of carbonyl (C=O) groups excluding carboxylic acids is 2. The second kappa shape index (κ2) is 7.67. The number of amides is 2. The van der Waals surface area contributed by atoms with E-state index < -0.39 is 6.04 Å². The van der Waals surface area contributed by atoms with Crippen LogP contribution in [-0.2, 0) is 9.59 Å². The van der Waals surface area contributed by atoms with Gasteiger partial charge in [0.15, 0.2) is 0 Å². The van der Waals surface area contributed by atoms with Crippen LogP contribution in [0.5, 0.6) is 11.5 Å². The Hall–Kier alpha value is -3.81. The third kappa shape index (κ3) is 3.64. The van der Waals surface area contributed by atoms with E-state index in [1.165, 1.54) is 14.2 Å². The van der Waals surface area contributed by atoms with Crippen molar-refractivity contribution in [3.05, 3.63) is 54.7 Å². The quantitative estimate of drug-likeness (QED) is 0.696. The molecule has 1 aromatic heterocycles. The lowest BCUT2D eigenvalue weighted by atomic mass is 10.1. The minimum absolute atomic E-state index is 0.00412. The molecule has 1 unspecified atom stereocenters. The van der Waals surface area contributed by atoms with Gasteiger partial charge in [0, 0.05) is 29.4 Å². The van der Waals surface area contributed by atoms with E-state index in [2.05, 4.69) is 15.7 Å². The molecule has 3 aromatic rings. The average molecular weight is 392 g/mol. The van der Waals surface area contributed by atoms with Gasteiger partial charge in [-0.25, -0.2) is 4.68 Å². The van der Waals surface area contributed by atoms with Crippen molar-refractivity contribution in [1.29, 1.82) is 0 Å². The Labute approximate surface area is 167 Å². The molecule has 148 valence electrons. The summed E-state index contributed by atoms with van der Waals surface area (Å²) in [6.45, 7) is 0. The molecule has 1 aliphatic rings. The number of hydrogen-bond acceptors (Lipinski definition) is 5. The summed E-state index contributed by atoms with van der Waals surface area (Å²) < 4.78 is 12.0. The molecule has 0 fully saturated rings. The maximum absolute atomic E-state index is 13.0. The van der Waals surface area contributed by atoms with Crippen LogP contribution in [-0.4, -0.2) is 35.8 Å². The van der Waals surface area contributed by atoms with E-state index in [0.29, 0.717) is 23.0 Å². The third-order valence-corrected chi connectivity index (χ3v) is 4.73. The van der Waals surface area contributed by atoms with Crippen LogP contribution in [0.15, 0.2) is 54.7 Å². The second-order valence-corrected chi connectivity index (χ2v) is 6.58. The number of rotatable bonds is 5. The molecule has 0 saturated carbocycles. The molecule has 0 radical (unpaired) electrons. The van der Waals surface area contributed by atoms with Crippen LogP contribution in [0.1, 0.15) is 12.5 Å². The van der Waals surface area contributed by atoms with Crippen molar-refractivity contribution in [2.45, 2.75) is 12.5 Å². The summed E-state index contributed by atoms with van der Waals surface area (Å²) in [6.07, 6.45) is 1.65. The Bertz CT molecular complexity index is 1040. The van der Waals surface area contributed by atoms with Crippen LogP contribution in [0.3, 0.4) is 0 Å². The van der Waals surface area contributed by atoms with E-state index in [1.807, 2.05) is 30.3 Å². The van der Waals surface area contributed by atoms with E-state index in [0.717, 1.165) is 11.1 Å². The highest BCUT2D eigenvalue weighted by atomic mass is 16.5. The van der Waals surface area contributed by atoms with E-state index in [-0.39, 0.29) is 18.2 Å². The highest BCUT2D eigenvalue weighted by molar-refractivity contribution is 6.03. The number of benzene rings is 2. The van der Waals surface area contributed by atoms with Crippen LogP contribution < -0.4 is 20.1 Å². The number of ether oxygens (including phenoxy) is 2. The molecule has 0 saturated heterocycles. The fourth-order valence-electron chi connectivity index (χ4n) is 3.31. The Morgan fingerprint density at radius 2 is 1.83 bits per heavy atom. The van der Waals surface area contributed by atoms with Gasteiger partial charge in [0.25, 0.3) is 0 Å². The molecule has 29 heavy (non-hydrogen) atoms. The predicted octanol–water partition coefficient (Wildman–Crippen LogP) is 3.09. The Balaban J connectivity index is 1.64. The summed E-state index contributed by atoms with van der Waals surface area (Å²) in [5.41, 5.74) is 2.18. The lowest BCUT2D eigenvalue weighted by Gasteiger charge is -2.24. The van der Waals surface area contributed by atoms with Crippen molar-refractivity contribution >= 4 is 23.3 Å². The number of carbonyl (C=O) groups is 2. The molecule has 0 spiro atoms. The first-order chi connectivity index (χ1) is 14.1. The first-order valence-electron chi connectivity index (χ1n) is 9.05. The molecule has 2 amide bonds. The third-order valence-electron chi connectivity index (χ3n) is 4.73. The molecule has 2 aromatic carbocycles. The number of methoxy groups -OCH3 is 2. The van der Waals surface area contributed by atoms with Gasteiger partial charge in [0.1, 0.15) is 23.4 Å². The smallest absolute Gasteiger partial charge is 0.249 e. The largest absolute Gasteiger partial charge is 0.497 e. The molecule has 8 nitrogen and oxygen atoms in total. The zero-order valence-electron chi connectivity index (χ0n) is 16.0. The van der Waals surface area contributed by atoms with E-state index in [1.54, 1.807) is 29.1 Å². The van der Waals surface area contributed by atoms with Crippen LogP contribution in [0, 0.1) is 0 Å². The van der Waals surface area contributed by atoms with Gasteiger partial charge in [0.05, 0.1) is 26.8 Å². The fourth-order valence-corrected chi connectivity index (χ4v) is 3.31. The Morgan fingerprint density at radius 3 is 2.48 bits per heavy atom. The second-order valence-electron chi connectivity index (χ2n) is 6.58. The van der Waals surface area contributed by atoms with Gasteiger partial charge in [0.2, 0.25) is 11.8 Å². The zero-order valence-corrected chi connectivity index (χ0v) is 16.0. The van der Waals surface area contributed by atoms with E-state index in [9.17, 15) is 9.59 Å². The summed E-state index contributed by atoms with van der Waals surface area (Å²) in [4.78, 5) is 25.3. The first kappa shape index (κ1) is 18.5. The maximum Gasteiger partial charge on any atom is 0.249 e. The first-order valence-corrected chi connectivity index (χ1v) is 9.05. The zero-order chi connectivity index (χ0) is 20.4. The number of anilines is 2. The number of fused-ring (bicyclic) bond motifs is 1. The summed E-state index contributed by atoms with van der Waals surface area (Å²) in [5.74, 6) is 1.02. The van der Waals surface area contributed by atoms with Gasteiger partial charge >= 0.3 is 0 Å². The maximum atomic E-state index is 13.0. The molecular formula is C21H20N4O4. The lowest BCUT2D eigenvalue weighted by molar-refractivity contribution is -0.125. The van der Waals surface area contributed by atoms with Gasteiger partial charge in [-0.15, -0.1) is 0 Å². The van der Waals surface area contributed by atoms with Crippen LogP contribution in [0.25, 0.3) is 11.1 Å². The summed E-state index contributed by atoms with van der Waals surface area (Å²) in [6, 6.07) is 13.9. The average Bonchev–Trinajstić information content (AvgIpc) is 3.17. The highest BCUT2D eigenvalue weighted by Crippen LogP contribution is 2.34. The molecule has 8 heteroatoms. The summed E-state index contributed by atoms with van der Waals surface area (Å²) in [5, 5.41) is 10.0. The highest BCUT2D eigenvalue weighted by Gasteiger charge is 2.33. The molecule has 0 bridgehead atoms. The lowest BCUT2D eigenvalue weighted by Crippen LogP contribution is -2.35. The Morgan fingerprint density at radius 1 is 1.14 bits per heavy atom. The van der Waals surface area contributed by atoms with Crippen molar-refractivity contribution in [2.24, 2.45) is 0 Å². The number of nitrogens with zero attached hydrogens (tertiary/aromatic N) is 2. The number of nitrogens with one attached hydrogen (secondary N) is 2. The minimum atomic E-state index is -0.770. The van der Waals surface area contributed by atoms with Crippen LogP contribution >= 0.6 is 0 Å². The van der Waals surface area contributed by atoms with Crippen LogP contribution in [0.4, 0.5) is 11.5 Å². The molecule has 2 heterocycles. The van der Waals surface area contributed by atoms with E-state index in [4.69, 9.17) is 9.47 Å². The van der Waals surface area contributed by atoms with Crippen LogP contribution in [0.2, 0.25) is 0 Å². The Kier molecular flexibility index (Phi) is 4.90. The topological polar surface area (TPSA) is 94.5 Å². The van der Waals surface area contributed by atoms with Crippen molar-refractivity contribution in [2.75, 3.05) is 24.9 Å². The molecule has 4 rings (SSSR count). The summed E-state index contributed by atoms with van der Waals surface area (Å²) >= 11 is 0. The monoisotopic (exact) mass is 392 g/mol. The minimum Gasteiger partial charge on any atom is -0.497 e. The molecule has 0 aliphatic carbocycles. The van der Waals surface area contributed by atoms with E-state index >= 15 is 0 Å². The summed E-state index contributed by atoms with van der Waals surface area (Å²) in [7, 11) is 3.07. The normalized spacial score (nSPS) is 15.2. The number of hydrogen-bond donors (Lipinski definition) is 2. The standard InChI is InChI=1S/C21H20N4O4/c1-28-15-8-14(9-16(10-15)29-2)23-21(27)18-11-19(26)24-20-17(12-22-25(18)20)13-6-4-3-5-7-13/h3-10,12,18H,11H2,1-2H3,(H,23,27)(H,24,26). The fraction of sp³-hybridized carbons (Fsp3) is 0.190. The number of aromatic nitrogens is 2. The predicted molar refractivity (Wildman–Crippen MR) is 108 cm³/mol. The van der Waals surface area contributed by atoms with Gasteiger partial charge in [-0.2, -0.15) is 5.10 Å². The van der Waals surface area contributed by atoms with Gasteiger partial charge in [-0.1, -0.05) is 30.3 Å².